The third-order valence-electron chi connectivity index (χ3n) is 5.43. The number of hydrogen-bond acceptors (Lipinski definition) is 6. The zero-order chi connectivity index (χ0) is 20.6. The van der Waals surface area contributed by atoms with Crippen LogP contribution < -0.4 is 5.56 Å². The van der Waals surface area contributed by atoms with Crippen LogP contribution in [-0.2, 0) is 17.9 Å². The average molecular weight is 419 g/mol. The molecule has 1 aliphatic rings. The highest BCUT2D eigenvalue weighted by atomic mass is 32.1. The molecule has 29 heavy (non-hydrogen) atoms. The molecule has 1 fully saturated rings. The van der Waals surface area contributed by atoms with Gasteiger partial charge in [-0.05, 0) is 19.8 Å². The molecule has 0 aliphatic carbocycles. The largest absolute Gasteiger partial charge is 0.388 e. The topological polar surface area (TPSA) is 93.2 Å². The van der Waals surface area contributed by atoms with Crippen molar-refractivity contribution in [2.45, 2.75) is 44.9 Å². The number of amides is 1. The molecule has 1 aliphatic heterocycles. The number of piperidine rings is 1. The van der Waals surface area contributed by atoms with Crippen LogP contribution in [0, 0.1) is 12.9 Å². The number of thiophene rings is 1. The fourth-order valence-electron chi connectivity index (χ4n) is 3.69. The van der Waals surface area contributed by atoms with Crippen molar-refractivity contribution in [2.24, 2.45) is 0 Å². The zero-order valence-electron chi connectivity index (χ0n) is 16.0. The van der Waals surface area contributed by atoms with Crippen LogP contribution in [0.2, 0.25) is 0 Å². The van der Waals surface area contributed by atoms with E-state index in [1.807, 2.05) is 6.92 Å². The van der Waals surface area contributed by atoms with E-state index >= 15 is 0 Å². The van der Waals surface area contributed by atoms with E-state index in [9.17, 15) is 19.1 Å². The van der Waals surface area contributed by atoms with Gasteiger partial charge in [0, 0.05) is 48.6 Å². The number of rotatable bonds is 5. The number of aryl methyl sites for hydroxylation is 2. The molecule has 4 rings (SSSR count). The second kappa shape index (κ2) is 7.68. The Labute approximate surface area is 170 Å². The minimum absolute atomic E-state index is 0.0584. The van der Waals surface area contributed by atoms with Crippen molar-refractivity contribution in [3.8, 4) is 0 Å². The van der Waals surface area contributed by atoms with Crippen LogP contribution in [0.25, 0.3) is 10.9 Å². The first-order chi connectivity index (χ1) is 13.8. The number of fused-ring (bicyclic) bond motifs is 1. The molecule has 3 aromatic heterocycles. The SMILES string of the molecule is Cc1scc2c(=O)n(CC3(O)CCN(C(=O)CCn4ccc(F)n4)CC3)cnc12. The molecule has 10 heteroatoms. The Morgan fingerprint density at radius 3 is 2.83 bits per heavy atom. The van der Waals surface area contributed by atoms with E-state index in [1.54, 1.807) is 10.3 Å². The van der Waals surface area contributed by atoms with E-state index < -0.39 is 11.5 Å². The molecule has 0 saturated carbocycles. The Bertz CT molecular complexity index is 1100. The third kappa shape index (κ3) is 4.08. The number of nitrogens with zero attached hydrogens (tertiary/aromatic N) is 5. The lowest BCUT2D eigenvalue weighted by atomic mass is 9.91. The molecule has 1 N–H and O–H groups in total. The Hall–Kier alpha value is -2.59. The van der Waals surface area contributed by atoms with Crippen molar-refractivity contribution in [1.29, 1.82) is 0 Å². The lowest BCUT2D eigenvalue weighted by Crippen LogP contribution is -2.49. The van der Waals surface area contributed by atoms with Gasteiger partial charge in [0.05, 0.1) is 29.4 Å². The van der Waals surface area contributed by atoms with Crippen LogP contribution in [0.1, 0.15) is 24.1 Å². The van der Waals surface area contributed by atoms with Gasteiger partial charge < -0.3 is 10.0 Å². The summed E-state index contributed by atoms with van der Waals surface area (Å²) in [6, 6.07) is 1.25. The first kappa shape index (κ1) is 19.7. The molecule has 0 radical (unpaired) electrons. The van der Waals surface area contributed by atoms with E-state index in [0.29, 0.717) is 43.4 Å². The highest BCUT2D eigenvalue weighted by Gasteiger charge is 2.34. The van der Waals surface area contributed by atoms with Crippen LogP contribution in [0.15, 0.2) is 28.8 Å². The Balaban J connectivity index is 1.36. The fourth-order valence-corrected chi connectivity index (χ4v) is 4.47. The molecule has 0 spiro atoms. The highest BCUT2D eigenvalue weighted by Crippen LogP contribution is 2.25. The second-order valence-electron chi connectivity index (χ2n) is 7.49. The lowest BCUT2D eigenvalue weighted by Gasteiger charge is -2.38. The summed E-state index contributed by atoms with van der Waals surface area (Å²) in [5, 5.41) is 17.0. The lowest BCUT2D eigenvalue weighted by molar-refractivity contribution is -0.136. The molecule has 0 aromatic carbocycles. The smallest absolute Gasteiger partial charge is 0.262 e. The van der Waals surface area contributed by atoms with Crippen LogP contribution in [0.3, 0.4) is 0 Å². The summed E-state index contributed by atoms with van der Waals surface area (Å²) in [5.41, 5.74) is -0.509. The summed E-state index contributed by atoms with van der Waals surface area (Å²) >= 11 is 1.48. The molecular weight excluding hydrogens is 397 g/mol. The minimum Gasteiger partial charge on any atom is -0.388 e. The van der Waals surface area contributed by atoms with E-state index in [0.717, 1.165) is 4.88 Å². The molecule has 3 aromatic rings. The Morgan fingerprint density at radius 1 is 1.38 bits per heavy atom. The van der Waals surface area contributed by atoms with E-state index in [4.69, 9.17) is 0 Å². The summed E-state index contributed by atoms with van der Waals surface area (Å²) < 4.78 is 15.8. The maximum absolute atomic E-state index is 12.9. The summed E-state index contributed by atoms with van der Waals surface area (Å²) in [4.78, 5) is 32.1. The molecule has 0 atom stereocenters. The number of aliphatic hydroxyl groups is 1. The van der Waals surface area contributed by atoms with Gasteiger partial charge in [-0.25, -0.2) is 4.98 Å². The van der Waals surface area contributed by atoms with E-state index in [2.05, 4.69) is 10.1 Å². The maximum Gasteiger partial charge on any atom is 0.262 e. The van der Waals surface area contributed by atoms with Crippen molar-refractivity contribution in [3.05, 3.63) is 45.1 Å². The fraction of sp³-hybridized carbons (Fsp3) is 0.474. The number of aromatic nitrogens is 4. The number of carbonyl (C=O) groups excluding carboxylic acids is 1. The molecule has 8 nitrogen and oxygen atoms in total. The van der Waals surface area contributed by atoms with Gasteiger partial charge in [0.2, 0.25) is 11.9 Å². The third-order valence-corrected chi connectivity index (χ3v) is 6.33. The van der Waals surface area contributed by atoms with E-state index in [-0.39, 0.29) is 24.4 Å². The molecular formula is C19H22FN5O3S. The summed E-state index contributed by atoms with van der Waals surface area (Å²) in [5.74, 6) is -0.627. The number of likely N-dealkylation sites (tertiary alicyclic amines) is 1. The van der Waals surface area contributed by atoms with Crippen molar-refractivity contribution in [1.82, 2.24) is 24.2 Å². The van der Waals surface area contributed by atoms with E-state index in [1.165, 1.54) is 39.2 Å². The summed E-state index contributed by atoms with van der Waals surface area (Å²) in [7, 11) is 0. The number of carbonyl (C=O) groups is 1. The first-order valence-corrected chi connectivity index (χ1v) is 10.3. The van der Waals surface area contributed by atoms with Crippen LogP contribution in [0.5, 0.6) is 0 Å². The van der Waals surface area contributed by atoms with Crippen molar-refractivity contribution in [2.75, 3.05) is 13.1 Å². The standard InChI is InChI=1S/C19H22FN5O3S/c1-13-17-14(10-29-13)18(27)24(12-21-17)11-19(28)4-8-23(9-5-19)16(26)3-7-25-6-2-15(20)22-25/h2,6,10,12,28H,3-5,7-9,11H2,1H3. The number of hydrogen-bond donors (Lipinski definition) is 1. The van der Waals surface area contributed by atoms with Gasteiger partial charge in [0.1, 0.15) is 0 Å². The molecule has 154 valence electrons. The van der Waals surface area contributed by atoms with Crippen molar-refractivity contribution in [3.63, 3.8) is 0 Å². The predicted octanol–water partition coefficient (Wildman–Crippen LogP) is 1.55. The second-order valence-corrected chi connectivity index (χ2v) is 8.57. The Kier molecular flexibility index (Phi) is 5.22. The first-order valence-electron chi connectivity index (χ1n) is 9.47. The van der Waals surface area contributed by atoms with Gasteiger partial charge in [-0.1, -0.05) is 0 Å². The normalized spacial score (nSPS) is 16.4. The Morgan fingerprint density at radius 2 is 2.14 bits per heavy atom. The van der Waals surface area contributed by atoms with Crippen LogP contribution in [-0.4, -0.2) is 53.9 Å². The zero-order valence-corrected chi connectivity index (χ0v) is 16.9. The summed E-state index contributed by atoms with van der Waals surface area (Å²) in [6.07, 6.45) is 3.96. The average Bonchev–Trinajstić information content (AvgIpc) is 3.28. The molecule has 1 saturated heterocycles. The van der Waals surface area contributed by atoms with Crippen LogP contribution in [0.4, 0.5) is 4.39 Å². The predicted molar refractivity (Wildman–Crippen MR) is 106 cm³/mol. The van der Waals surface area contributed by atoms with Gasteiger partial charge in [-0.2, -0.15) is 4.39 Å². The quantitative estimate of drug-likeness (QED) is 0.677. The van der Waals surface area contributed by atoms with Gasteiger partial charge in [0.15, 0.2) is 0 Å². The minimum atomic E-state index is -1.06. The van der Waals surface area contributed by atoms with Gasteiger partial charge in [0.25, 0.3) is 5.56 Å². The number of halogens is 1. The monoisotopic (exact) mass is 419 g/mol. The molecule has 4 heterocycles. The highest BCUT2D eigenvalue weighted by molar-refractivity contribution is 7.11. The maximum atomic E-state index is 12.9. The van der Waals surface area contributed by atoms with Gasteiger partial charge >= 0.3 is 0 Å². The molecule has 0 bridgehead atoms. The molecule has 0 unspecified atom stereocenters. The van der Waals surface area contributed by atoms with Crippen molar-refractivity contribution < 1.29 is 14.3 Å². The van der Waals surface area contributed by atoms with Gasteiger partial charge in [-0.3, -0.25) is 18.8 Å². The van der Waals surface area contributed by atoms with Crippen LogP contribution >= 0.6 is 11.3 Å². The summed E-state index contributed by atoms with van der Waals surface area (Å²) in [6.45, 7) is 3.20. The van der Waals surface area contributed by atoms with Gasteiger partial charge in [-0.15, -0.1) is 16.4 Å². The molecule has 1 amide bonds. The van der Waals surface area contributed by atoms with Crippen molar-refractivity contribution >= 4 is 28.1 Å².